The lowest BCUT2D eigenvalue weighted by atomic mass is 10.1. The summed E-state index contributed by atoms with van der Waals surface area (Å²) in [7, 11) is -3.53. The maximum Gasteiger partial charge on any atom is 0.264 e. The van der Waals surface area contributed by atoms with E-state index in [0.717, 1.165) is 20.8 Å². The van der Waals surface area contributed by atoms with Crippen molar-refractivity contribution in [1.82, 2.24) is 10.3 Å². The zero-order valence-corrected chi connectivity index (χ0v) is 27.9. The van der Waals surface area contributed by atoms with E-state index >= 15 is 0 Å². The number of nitrogens with two attached hydrogens (primary N) is 1. The monoisotopic (exact) mass is 706 g/mol. The second kappa shape index (κ2) is 15.8. The number of aromatic nitrogens is 1. The first kappa shape index (κ1) is 34.5. The summed E-state index contributed by atoms with van der Waals surface area (Å²) in [5, 5.41) is 6.15. The molecule has 4 N–H and O–H groups in total. The van der Waals surface area contributed by atoms with Gasteiger partial charge in [-0.1, -0.05) is 35.9 Å². The molecule has 11 nitrogen and oxygen atoms in total. The van der Waals surface area contributed by atoms with Crippen LogP contribution in [-0.4, -0.2) is 50.0 Å². The number of ether oxygens (including phenoxy) is 2. The Kier molecular flexibility index (Phi) is 11.4. The van der Waals surface area contributed by atoms with Gasteiger partial charge in [-0.15, -0.1) is 11.3 Å². The highest BCUT2D eigenvalue weighted by molar-refractivity contribution is 7.91. The van der Waals surface area contributed by atoms with Crippen molar-refractivity contribution >= 4 is 66.4 Å². The number of aryl methyl sites for hydroxylation is 1. The molecule has 4 aromatic carbocycles. The van der Waals surface area contributed by atoms with E-state index in [1.807, 2.05) is 24.3 Å². The second-order valence-electron chi connectivity index (χ2n) is 10.5. The number of imide groups is 1. The number of fused-ring (bicyclic) bond motifs is 1. The van der Waals surface area contributed by atoms with Gasteiger partial charge in [-0.2, -0.15) is 0 Å². The highest BCUT2D eigenvalue weighted by Gasteiger charge is 2.17. The van der Waals surface area contributed by atoms with E-state index in [1.165, 1.54) is 35.6 Å². The summed E-state index contributed by atoms with van der Waals surface area (Å²) < 4.78 is 38.2. The van der Waals surface area contributed by atoms with Crippen LogP contribution in [0.4, 0.5) is 5.69 Å². The van der Waals surface area contributed by atoms with Crippen LogP contribution in [-0.2, 0) is 32.5 Å². The SMILES string of the molecule is NCC(=O)NC(=O)COc1ccc(CCCS(=O)(=O)c2ccc(Cl)cc2)cc1NC(=O)c1cccc(OCc2nc3ccccc3s2)c1. The number of nitrogens with one attached hydrogen (secondary N) is 2. The number of halogens is 1. The fourth-order valence-electron chi connectivity index (χ4n) is 4.62. The molecule has 0 saturated carbocycles. The van der Waals surface area contributed by atoms with Crippen molar-refractivity contribution in [2.24, 2.45) is 5.73 Å². The topological polar surface area (TPSA) is 167 Å². The van der Waals surface area contributed by atoms with Crippen molar-refractivity contribution in [1.29, 1.82) is 0 Å². The molecule has 0 aliphatic rings. The van der Waals surface area contributed by atoms with Crippen LogP contribution in [0.3, 0.4) is 0 Å². The minimum Gasteiger partial charge on any atom is -0.486 e. The lowest BCUT2D eigenvalue weighted by molar-refractivity contribution is -0.130. The Morgan fingerprint density at radius 1 is 0.896 bits per heavy atom. The first-order valence-electron chi connectivity index (χ1n) is 14.7. The van der Waals surface area contributed by atoms with Gasteiger partial charge in [0.15, 0.2) is 16.4 Å². The molecule has 0 unspecified atom stereocenters. The van der Waals surface area contributed by atoms with E-state index < -0.39 is 34.2 Å². The van der Waals surface area contributed by atoms with Crippen LogP contribution in [0.25, 0.3) is 10.2 Å². The number of amides is 3. The van der Waals surface area contributed by atoms with Crippen LogP contribution in [0.5, 0.6) is 11.5 Å². The van der Waals surface area contributed by atoms with Gasteiger partial charge in [0.25, 0.3) is 11.8 Å². The Balaban J connectivity index is 1.28. The van der Waals surface area contributed by atoms with Gasteiger partial charge in [0, 0.05) is 10.6 Å². The summed E-state index contributed by atoms with van der Waals surface area (Å²) >= 11 is 7.42. The third-order valence-electron chi connectivity index (χ3n) is 6.96. The molecule has 0 saturated heterocycles. The number of sulfone groups is 1. The number of nitrogens with zero attached hydrogens (tertiary/aromatic N) is 1. The van der Waals surface area contributed by atoms with Gasteiger partial charge in [-0.05, 0) is 85.1 Å². The van der Waals surface area contributed by atoms with E-state index in [2.05, 4.69) is 15.6 Å². The van der Waals surface area contributed by atoms with Gasteiger partial charge in [0.1, 0.15) is 23.1 Å². The summed E-state index contributed by atoms with van der Waals surface area (Å²) in [5.41, 5.74) is 7.41. The van der Waals surface area contributed by atoms with E-state index in [9.17, 15) is 22.8 Å². The molecule has 0 radical (unpaired) electrons. The van der Waals surface area contributed by atoms with Gasteiger partial charge in [0.2, 0.25) is 5.91 Å². The third kappa shape index (κ3) is 9.38. The molecule has 0 fully saturated rings. The Bertz CT molecular complexity index is 2020. The van der Waals surface area contributed by atoms with Crippen molar-refractivity contribution in [3.8, 4) is 11.5 Å². The average molecular weight is 707 g/mol. The fraction of sp³-hybridized carbons (Fsp3) is 0.176. The molecular formula is C34H31ClN4O7S2. The van der Waals surface area contributed by atoms with Crippen LogP contribution in [0, 0.1) is 0 Å². The number of thiazole rings is 1. The summed E-state index contributed by atoms with van der Waals surface area (Å²) in [4.78, 5) is 41.8. The molecule has 0 aliphatic carbocycles. The van der Waals surface area contributed by atoms with Crippen LogP contribution >= 0.6 is 22.9 Å². The number of para-hydroxylation sites is 1. The molecule has 0 spiro atoms. The smallest absolute Gasteiger partial charge is 0.264 e. The zero-order chi connectivity index (χ0) is 34.1. The van der Waals surface area contributed by atoms with Gasteiger partial charge < -0.3 is 20.5 Å². The predicted molar refractivity (Wildman–Crippen MR) is 184 cm³/mol. The van der Waals surface area contributed by atoms with Gasteiger partial charge in [-0.3, -0.25) is 19.7 Å². The first-order valence-corrected chi connectivity index (χ1v) is 17.6. The largest absolute Gasteiger partial charge is 0.486 e. The summed E-state index contributed by atoms with van der Waals surface area (Å²) in [6, 6.07) is 25.4. The van der Waals surface area contributed by atoms with Gasteiger partial charge in [-0.25, -0.2) is 13.4 Å². The summed E-state index contributed by atoms with van der Waals surface area (Å²) in [6.07, 6.45) is 0.673. The molecule has 1 aromatic heterocycles. The Labute approximate surface area is 286 Å². The maximum atomic E-state index is 13.4. The first-order chi connectivity index (χ1) is 23.1. The molecule has 14 heteroatoms. The highest BCUT2D eigenvalue weighted by Crippen LogP contribution is 2.29. The normalized spacial score (nSPS) is 11.2. The maximum absolute atomic E-state index is 13.4. The highest BCUT2D eigenvalue weighted by atomic mass is 35.5. The van der Waals surface area contributed by atoms with Crippen LogP contribution < -0.4 is 25.8 Å². The average Bonchev–Trinajstić information content (AvgIpc) is 3.50. The molecule has 1 heterocycles. The van der Waals surface area contributed by atoms with Gasteiger partial charge >= 0.3 is 0 Å². The van der Waals surface area contributed by atoms with Crippen molar-refractivity contribution < 1.29 is 32.3 Å². The molecule has 3 amide bonds. The third-order valence-corrected chi connectivity index (χ3v) is 10.0. The van der Waals surface area contributed by atoms with E-state index in [1.54, 1.807) is 42.5 Å². The van der Waals surface area contributed by atoms with Crippen LogP contribution in [0.15, 0.2) is 95.9 Å². The van der Waals surface area contributed by atoms with Crippen molar-refractivity contribution in [2.75, 3.05) is 24.2 Å². The van der Waals surface area contributed by atoms with E-state index in [4.69, 9.17) is 26.8 Å². The summed E-state index contributed by atoms with van der Waals surface area (Å²) in [6.45, 7) is -0.645. The molecule has 48 heavy (non-hydrogen) atoms. The molecule has 5 aromatic rings. The quantitative estimate of drug-likeness (QED) is 0.141. The van der Waals surface area contributed by atoms with E-state index in [0.29, 0.717) is 29.2 Å². The minimum absolute atomic E-state index is 0.103. The lowest BCUT2D eigenvalue weighted by Crippen LogP contribution is -2.38. The summed E-state index contributed by atoms with van der Waals surface area (Å²) in [5.74, 6) is -1.32. The zero-order valence-electron chi connectivity index (χ0n) is 25.5. The van der Waals surface area contributed by atoms with E-state index in [-0.39, 0.29) is 35.2 Å². The van der Waals surface area contributed by atoms with Crippen LogP contribution in [0.1, 0.15) is 27.3 Å². The number of rotatable bonds is 14. The van der Waals surface area contributed by atoms with Crippen molar-refractivity contribution in [3.05, 3.63) is 112 Å². The molecule has 0 atom stereocenters. The number of hydrogen-bond acceptors (Lipinski definition) is 10. The number of carbonyl (C=O) groups is 3. The molecular weight excluding hydrogens is 676 g/mol. The Morgan fingerprint density at radius 3 is 2.46 bits per heavy atom. The van der Waals surface area contributed by atoms with Crippen molar-refractivity contribution in [2.45, 2.75) is 24.3 Å². The Morgan fingerprint density at radius 2 is 1.69 bits per heavy atom. The second-order valence-corrected chi connectivity index (χ2v) is 14.2. The lowest BCUT2D eigenvalue weighted by Gasteiger charge is -2.15. The molecule has 248 valence electrons. The van der Waals surface area contributed by atoms with Gasteiger partial charge in [0.05, 0.1) is 33.1 Å². The molecule has 0 aliphatic heterocycles. The number of hydrogen-bond donors (Lipinski definition) is 3. The van der Waals surface area contributed by atoms with Crippen molar-refractivity contribution in [3.63, 3.8) is 0 Å². The molecule has 5 rings (SSSR count). The minimum atomic E-state index is -3.53. The van der Waals surface area contributed by atoms with Crippen LogP contribution in [0.2, 0.25) is 5.02 Å². The fourth-order valence-corrected chi connectivity index (χ4v) is 6.93. The number of carbonyl (C=O) groups excluding carboxylic acids is 3. The molecule has 0 bridgehead atoms. The Hall–Kier alpha value is -4.82. The standard InChI is InChI=1S/C34H31ClN4O7S2/c35-24-11-13-26(14-12-24)48(43,44)16-4-5-22-10-15-29(46-20-32(41)39-31(40)19-36)28(17-22)38-34(42)23-6-3-7-25(18-23)45-21-33-37-27-8-1-2-9-30(27)47-33/h1-3,6-15,17-18H,4-5,16,19-21,36H2,(H,38,42)(H,39,40,41). The number of anilines is 1. The number of benzene rings is 4. The predicted octanol–water partition coefficient (Wildman–Crippen LogP) is 5.17.